The van der Waals surface area contributed by atoms with E-state index in [0.29, 0.717) is 17.3 Å². The van der Waals surface area contributed by atoms with Crippen molar-refractivity contribution in [3.05, 3.63) is 65.2 Å². The molecule has 2 aliphatic heterocycles. The molecule has 3 heterocycles. The Morgan fingerprint density at radius 1 is 1.03 bits per heavy atom. The molecule has 2 fully saturated rings. The van der Waals surface area contributed by atoms with Crippen molar-refractivity contribution in [2.24, 2.45) is 5.92 Å². The van der Waals surface area contributed by atoms with E-state index >= 15 is 0 Å². The summed E-state index contributed by atoms with van der Waals surface area (Å²) in [4.78, 5) is 11.2. The molecule has 3 aromatic rings. The van der Waals surface area contributed by atoms with Gasteiger partial charge < -0.3 is 4.74 Å². The summed E-state index contributed by atoms with van der Waals surface area (Å²) < 4.78 is 49.5. The summed E-state index contributed by atoms with van der Waals surface area (Å²) in [5.74, 6) is 0.569. The van der Waals surface area contributed by atoms with E-state index in [-0.39, 0.29) is 29.3 Å². The highest BCUT2D eigenvalue weighted by atomic mass is 19.4. The molecule has 0 amide bonds. The van der Waals surface area contributed by atoms with Crippen molar-refractivity contribution in [3.8, 4) is 5.75 Å². The van der Waals surface area contributed by atoms with Crippen molar-refractivity contribution in [1.29, 1.82) is 0 Å². The summed E-state index contributed by atoms with van der Waals surface area (Å²) in [6.07, 6.45) is 5.39. The lowest BCUT2D eigenvalue weighted by Crippen LogP contribution is -2.39. The molecule has 36 heavy (non-hydrogen) atoms. The van der Waals surface area contributed by atoms with Gasteiger partial charge in [0.1, 0.15) is 17.6 Å². The molecule has 3 aliphatic rings. The van der Waals surface area contributed by atoms with Crippen molar-refractivity contribution in [2.45, 2.75) is 89.2 Å². The van der Waals surface area contributed by atoms with Gasteiger partial charge in [0.05, 0.1) is 11.8 Å². The molecule has 6 rings (SSSR count). The van der Waals surface area contributed by atoms with E-state index in [1.165, 1.54) is 6.07 Å². The zero-order valence-corrected chi connectivity index (χ0v) is 20.8. The molecule has 4 nitrogen and oxygen atoms in total. The Bertz CT molecular complexity index is 1270. The van der Waals surface area contributed by atoms with Crippen LogP contribution in [0, 0.1) is 5.92 Å². The van der Waals surface area contributed by atoms with Crippen LogP contribution in [0.15, 0.2) is 42.9 Å². The average Bonchev–Trinajstić information content (AvgIpc) is 3.18. The lowest BCUT2D eigenvalue weighted by Gasteiger charge is -2.40. The van der Waals surface area contributed by atoms with Crippen molar-refractivity contribution >= 4 is 10.8 Å². The van der Waals surface area contributed by atoms with Crippen molar-refractivity contribution in [3.63, 3.8) is 0 Å². The van der Waals surface area contributed by atoms with E-state index in [2.05, 4.69) is 28.7 Å². The van der Waals surface area contributed by atoms with E-state index < -0.39 is 11.7 Å². The van der Waals surface area contributed by atoms with Crippen LogP contribution in [0.1, 0.15) is 86.8 Å². The Hall–Kier alpha value is -2.67. The minimum atomic E-state index is -4.50. The highest BCUT2D eigenvalue weighted by Gasteiger charge is 2.43. The molecule has 190 valence electrons. The number of rotatable bonds is 4. The van der Waals surface area contributed by atoms with Crippen LogP contribution in [0.4, 0.5) is 13.2 Å². The van der Waals surface area contributed by atoms with Crippen molar-refractivity contribution < 1.29 is 17.9 Å². The van der Waals surface area contributed by atoms with Crippen LogP contribution in [0.25, 0.3) is 10.8 Å². The van der Waals surface area contributed by atoms with Gasteiger partial charge in [-0.3, -0.25) is 4.90 Å². The third-order valence-electron chi connectivity index (χ3n) is 8.65. The van der Waals surface area contributed by atoms with E-state index in [0.717, 1.165) is 61.8 Å². The maximum absolute atomic E-state index is 14.5. The second-order valence-electron chi connectivity index (χ2n) is 10.9. The lowest BCUT2D eigenvalue weighted by molar-refractivity contribution is -0.138. The van der Waals surface area contributed by atoms with Gasteiger partial charge in [0, 0.05) is 36.3 Å². The molecule has 1 aromatic heterocycles. The number of hydrogen-bond donors (Lipinski definition) is 0. The Kier molecular flexibility index (Phi) is 5.94. The van der Waals surface area contributed by atoms with E-state index in [4.69, 9.17) is 4.74 Å². The highest BCUT2D eigenvalue weighted by molar-refractivity contribution is 5.89. The largest absolute Gasteiger partial charge is 0.490 e. The van der Waals surface area contributed by atoms with Crippen LogP contribution in [-0.4, -0.2) is 27.0 Å². The van der Waals surface area contributed by atoms with Gasteiger partial charge in [0.25, 0.3) is 0 Å². The fraction of sp³-hybridized carbons (Fsp3) is 0.517. The summed E-state index contributed by atoms with van der Waals surface area (Å²) in [6.45, 7) is 4.30. The van der Waals surface area contributed by atoms with Crippen LogP contribution < -0.4 is 4.74 Å². The fourth-order valence-corrected chi connectivity index (χ4v) is 6.72. The third-order valence-corrected chi connectivity index (χ3v) is 8.65. The molecule has 1 aliphatic carbocycles. The van der Waals surface area contributed by atoms with Gasteiger partial charge in [0.2, 0.25) is 0 Å². The second-order valence-corrected chi connectivity index (χ2v) is 10.9. The molecule has 0 radical (unpaired) electrons. The predicted octanol–water partition coefficient (Wildman–Crippen LogP) is 7.43. The maximum Gasteiger partial charge on any atom is 0.420 e. The number of alkyl halides is 3. The standard InChI is InChI=1S/C29H32F3N3O/c1-17-3-9-22(10-4-17)36-27-12-7-19-5-6-20(13-23(19)28(27)29(30,31)32)18(2)35-21-8-11-26(35)24-15-33-16-34-25(24)14-21/h5-7,12-13,15-18,21-22,26H,3-4,8-11,14H2,1-2H3/t17-,18?,21?,22+,26?. The SMILES string of the molecule is CC(c1ccc2ccc(O[C@H]3CC[C@@H](C)CC3)c(C(F)(F)F)c2c1)N1C2CCC1c1cncnc1C2. The highest BCUT2D eigenvalue weighted by Crippen LogP contribution is 2.48. The molecule has 7 heteroatoms. The van der Waals surface area contributed by atoms with Gasteiger partial charge in [-0.1, -0.05) is 25.1 Å². The zero-order chi connectivity index (χ0) is 25.0. The summed E-state index contributed by atoms with van der Waals surface area (Å²) in [6, 6.07) is 9.34. The lowest BCUT2D eigenvalue weighted by atomic mass is 9.89. The summed E-state index contributed by atoms with van der Waals surface area (Å²) in [5.41, 5.74) is 2.52. The van der Waals surface area contributed by atoms with Gasteiger partial charge in [-0.15, -0.1) is 0 Å². The molecular formula is C29H32F3N3O. The first-order chi connectivity index (χ1) is 17.3. The number of benzene rings is 2. The Morgan fingerprint density at radius 2 is 1.81 bits per heavy atom. The number of halogens is 3. The number of hydrogen-bond acceptors (Lipinski definition) is 4. The van der Waals surface area contributed by atoms with E-state index in [9.17, 15) is 13.2 Å². The molecule has 0 spiro atoms. The van der Waals surface area contributed by atoms with Gasteiger partial charge in [0.15, 0.2) is 0 Å². The van der Waals surface area contributed by atoms with Gasteiger partial charge >= 0.3 is 6.18 Å². The maximum atomic E-state index is 14.5. The Balaban J connectivity index is 1.36. The summed E-state index contributed by atoms with van der Waals surface area (Å²) in [5, 5.41) is 0.810. The Labute approximate surface area is 209 Å². The number of fused-ring (bicyclic) bond motifs is 5. The minimum absolute atomic E-state index is 0.0225. The molecule has 2 aromatic carbocycles. The quantitative estimate of drug-likeness (QED) is 0.377. The molecule has 0 N–H and O–H groups in total. The van der Waals surface area contributed by atoms with Crippen LogP contribution in [0.2, 0.25) is 0 Å². The molecule has 2 bridgehead atoms. The predicted molar refractivity (Wildman–Crippen MR) is 133 cm³/mol. The first-order valence-corrected chi connectivity index (χ1v) is 13.2. The molecule has 3 unspecified atom stereocenters. The second kappa shape index (κ2) is 9.02. The topological polar surface area (TPSA) is 38.2 Å². The fourth-order valence-electron chi connectivity index (χ4n) is 6.72. The number of nitrogens with zero attached hydrogens (tertiary/aromatic N) is 3. The molecular weight excluding hydrogens is 463 g/mol. The van der Waals surface area contributed by atoms with Crippen LogP contribution in [0.3, 0.4) is 0 Å². The summed E-state index contributed by atoms with van der Waals surface area (Å²) >= 11 is 0. The molecule has 3 atom stereocenters. The van der Waals surface area contributed by atoms with Gasteiger partial charge in [-0.25, -0.2) is 9.97 Å². The van der Waals surface area contributed by atoms with E-state index in [1.807, 2.05) is 18.3 Å². The summed E-state index contributed by atoms with van der Waals surface area (Å²) in [7, 11) is 0. The number of ether oxygens (including phenoxy) is 1. The first-order valence-electron chi connectivity index (χ1n) is 13.2. The van der Waals surface area contributed by atoms with Crippen LogP contribution >= 0.6 is 0 Å². The number of aromatic nitrogens is 2. The van der Waals surface area contributed by atoms with Crippen LogP contribution in [0.5, 0.6) is 5.75 Å². The van der Waals surface area contributed by atoms with Crippen LogP contribution in [-0.2, 0) is 12.6 Å². The zero-order valence-electron chi connectivity index (χ0n) is 20.8. The smallest absolute Gasteiger partial charge is 0.420 e. The minimum Gasteiger partial charge on any atom is -0.490 e. The van der Waals surface area contributed by atoms with E-state index in [1.54, 1.807) is 18.5 Å². The normalized spacial score (nSPS) is 27.1. The van der Waals surface area contributed by atoms with Crippen molar-refractivity contribution in [1.82, 2.24) is 14.9 Å². The monoisotopic (exact) mass is 495 g/mol. The van der Waals surface area contributed by atoms with Crippen molar-refractivity contribution in [2.75, 3.05) is 0 Å². The first kappa shape index (κ1) is 23.7. The van der Waals surface area contributed by atoms with Gasteiger partial charge in [-0.05, 0) is 79.8 Å². The van der Waals surface area contributed by atoms with Gasteiger partial charge in [-0.2, -0.15) is 13.2 Å². The molecule has 1 saturated carbocycles. The average molecular weight is 496 g/mol. The third kappa shape index (κ3) is 4.15. The molecule has 1 saturated heterocycles. The Morgan fingerprint density at radius 3 is 2.58 bits per heavy atom.